The van der Waals surface area contributed by atoms with Gasteiger partial charge in [-0.15, -0.1) is 0 Å². The summed E-state index contributed by atoms with van der Waals surface area (Å²) in [6.45, 7) is 0.595. The van der Waals surface area contributed by atoms with Gasteiger partial charge in [0.15, 0.2) is 0 Å². The molecule has 1 aromatic carbocycles. The van der Waals surface area contributed by atoms with Crippen LogP contribution in [0.4, 0.5) is 0 Å². The molecule has 1 aromatic rings. The third kappa shape index (κ3) is 4.07. The molecule has 2 aliphatic rings. The number of piperidine rings is 1. The van der Waals surface area contributed by atoms with Crippen molar-refractivity contribution >= 4 is 21.9 Å². The number of nitrogens with zero attached hydrogens (tertiary/aromatic N) is 1. The Morgan fingerprint density at radius 1 is 1.00 bits per heavy atom. The summed E-state index contributed by atoms with van der Waals surface area (Å²) in [5, 5.41) is 12.0. The number of sulfonamides is 1. The number of nitrogens with one attached hydrogen (secondary N) is 1. The normalized spacial score (nSPS) is 20.2. The van der Waals surface area contributed by atoms with E-state index in [1.54, 1.807) is 0 Å². The minimum Gasteiger partial charge on any atom is -0.478 e. The van der Waals surface area contributed by atoms with Gasteiger partial charge in [0, 0.05) is 25.0 Å². The molecule has 3 rings (SSSR count). The maximum Gasteiger partial charge on any atom is 0.335 e. The van der Waals surface area contributed by atoms with Gasteiger partial charge >= 0.3 is 5.97 Å². The van der Waals surface area contributed by atoms with Crippen molar-refractivity contribution in [1.29, 1.82) is 0 Å². The van der Waals surface area contributed by atoms with Crippen LogP contribution >= 0.6 is 0 Å². The van der Waals surface area contributed by atoms with Crippen LogP contribution in [0.15, 0.2) is 29.2 Å². The lowest BCUT2D eigenvalue weighted by Gasteiger charge is -2.31. The molecule has 2 fully saturated rings. The number of benzene rings is 1. The second-order valence-electron chi connectivity index (χ2n) is 7.00. The number of carbonyl (C=O) groups excluding carboxylic acids is 1. The number of hydrogen-bond acceptors (Lipinski definition) is 4. The molecule has 1 heterocycles. The second-order valence-corrected chi connectivity index (χ2v) is 8.94. The largest absolute Gasteiger partial charge is 0.478 e. The van der Waals surface area contributed by atoms with E-state index in [0.29, 0.717) is 25.9 Å². The summed E-state index contributed by atoms with van der Waals surface area (Å²) in [6.07, 6.45) is 5.39. The molecule has 0 unspecified atom stereocenters. The van der Waals surface area contributed by atoms with Crippen LogP contribution in [-0.4, -0.2) is 48.8 Å². The van der Waals surface area contributed by atoms with Crippen LogP contribution in [0.5, 0.6) is 0 Å². The average Bonchev–Trinajstić information content (AvgIpc) is 3.15. The Balaban J connectivity index is 1.59. The van der Waals surface area contributed by atoms with Crippen LogP contribution in [0.3, 0.4) is 0 Å². The van der Waals surface area contributed by atoms with Gasteiger partial charge in [-0.2, -0.15) is 4.31 Å². The van der Waals surface area contributed by atoms with Gasteiger partial charge in [-0.1, -0.05) is 12.8 Å². The van der Waals surface area contributed by atoms with Crippen molar-refractivity contribution in [3.05, 3.63) is 29.8 Å². The van der Waals surface area contributed by atoms with Crippen LogP contribution in [0.2, 0.25) is 0 Å². The fraction of sp³-hybridized carbons (Fsp3) is 0.556. The smallest absolute Gasteiger partial charge is 0.335 e. The molecule has 0 atom stereocenters. The Morgan fingerprint density at radius 3 is 2.12 bits per heavy atom. The van der Waals surface area contributed by atoms with Gasteiger partial charge in [0.1, 0.15) is 0 Å². The van der Waals surface area contributed by atoms with E-state index in [4.69, 9.17) is 5.11 Å². The summed E-state index contributed by atoms with van der Waals surface area (Å²) in [5.74, 6) is -1.20. The van der Waals surface area contributed by atoms with E-state index in [1.807, 2.05) is 0 Å². The number of aromatic carboxylic acids is 1. The van der Waals surface area contributed by atoms with Crippen LogP contribution in [0.1, 0.15) is 48.9 Å². The Labute approximate surface area is 153 Å². The predicted octanol–water partition coefficient (Wildman–Crippen LogP) is 1.84. The molecule has 1 saturated heterocycles. The Morgan fingerprint density at radius 2 is 1.58 bits per heavy atom. The molecule has 1 saturated carbocycles. The molecule has 0 radical (unpaired) electrons. The highest BCUT2D eigenvalue weighted by atomic mass is 32.2. The number of rotatable bonds is 5. The van der Waals surface area contributed by atoms with Crippen molar-refractivity contribution in [3.8, 4) is 0 Å². The maximum absolute atomic E-state index is 12.7. The first-order chi connectivity index (χ1) is 12.4. The van der Waals surface area contributed by atoms with Gasteiger partial charge in [0.2, 0.25) is 15.9 Å². The Hall–Kier alpha value is -1.93. The maximum atomic E-state index is 12.7. The van der Waals surface area contributed by atoms with E-state index in [0.717, 1.165) is 25.7 Å². The zero-order valence-electron chi connectivity index (χ0n) is 14.6. The van der Waals surface area contributed by atoms with Gasteiger partial charge in [0.25, 0.3) is 0 Å². The summed E-state index contributed by atoms with van der Waals surface area (Å²) in [4.78, 5) is 23.3. The van der Waals surface area contributed by atoms with Gasteiger partial charge in [-0.25, -0.2) is 13.2 Å². The number of hydrogen-bond donors (Lipinski definition) is 2. The lowest BCUT2D eigenvalue weighted by Crippen LogP contribution is -2.44. The molecule has 0 spiro atoms. The molecular formula is C18H24N2O5S. The fourth-order valence-corrected chi connectivity index (χ4v) is 5.14. The molecule has 0 bridgehead atoms. The van der Waals surface area contributed by atoms with E-state index >= 15 is 0 Å². The number of carbonyl (C=O) groups is 2. The molecule has 2 N–H and O–H groups in total. The minimum atomic E-state index is -3.67. The number of carboxylic acid groups (broad SMARTS) is 1. The minimum absolute atomic E-state index is 0.0414. The molecule has 8 heteroatoms. The molecule has 142 valence electrons. The van der Waals surface area contributed by atoms with Gasteiger partial charge in [0.05, 0.1) is 10.5 Å². The van der Waals surface area contributed by atoms with Gasteiger partial charge < -0.3 is 10.4 Å². The molecule has 1 aliphatic heterocycles. The zero-order valence-corrected chi connectivity index (χ0v) is 15.4. The van der Waals surface area contributed by atoms with Gasteiger partial charge in [-0.3, -0.25) is 4.79 Å². The molecule has 0 aromatic heterocycles. The summed E-state index contributed by atoms with van der Waals surface area (Å²) >= 11 is 0. The monoisotopic (exact) mass is 380 g/mol. The second kappa shape index (κ2) is 7.75. The number of amides is 1. The van der Waals surface area contributed by atoms with E-state index < -0.39 is 16.0 Å². The molecule has 1 aliphatic carbocycles. The van der Waals surface area contributed by atoms with Crippen molar-refractivity contribution in [2.45, 2.75) is 49.5 Å². The number of carboxylic acids is 1. The van der Waals surface area contributed by atoms with Crippen LogP contribution in [0, 0.1) is 5.92 Å². The lowest BCUT2D eigenvalue weighted by atomic mass is 9.97. The topological polar surface area (TPSA) is 104 Å². The van der Waals surface area contributed by atoms with E-state index in [1.165, 1.54) is 28.6 Å². The van der Waals surface area contributed by atoms with E-state index in [2.05, 4.69) is 5.32 Å². The summed E-state index contributed by atoms with van der Waals surface area (Å²) in [5.41, 5.74) is 0.0474. The molecular weight excluding hydrogens is 356 g/mol. The summed E-state index contributed by atoms with van der Waals surface area (Å²) < 4.78 is 26.8. The van der Waals surface area contributed by atoms with Gasteiger partial charge in [-0.05, 0) is 49.9 Å². The summed E-state index contributed by atoms with van der Waals surface area (Å²) in [6, 6.07) is 5.49. The van der Waals surface area contributed by atoms with Crippen molar-refractivity contribution in [3.63, 3.8) is 0 Å². The molecule has 26 heavy (non-hydrogen) atoms. The highest BCUT2D eigenvalue weighted by molar-refractivity contribution is 7.89. The Kier molecular flexibility index (Phi) is 5.62. The predicted molar refractivity (Wildman–Crippen MR) is 95.3 cm³/mol. The molecule has 7 nitrogen and oxygen atoms in total. The average molecular weight is 380 g/mol. The first kappa shape index (κ1) is 18.8. The van der Waals surface area contributed by atoms with Crippen LogP contribution < -0.4 is 5.32 Å². The van der Waals surface area contributed by atoms with Crippen LogP contribution in [0.25, 0.3) is 0 Å². The quantitative estimate of drug-likeness (QED) is 0.811. The first-order valence-electron chi connectivity index (χ1n) is 9.02. The van der Waals surface area contributed by atoms with E-state index in [9.17, 15) is 18.0 Å². The van der Waals surface area contributed by atoms with Crippen molar-refractivity contribution in [2.24, 2.45) is 5.92 Å². The standard InChI is InChI=1S/C18H24N2O5S/c21-17(19-15-3-1-2-4-15)13-9-11-20(12-10-13)26(24,25)16-7-5-14(6-8-16)18(22)23/h5-8,13,15H,1-4,9-12H2,(H,19,21)(H,22,23). The third-order valence-electron chi connectivity index (χ3n) is 5.27. The summed E-state index contributed by atoms with van der Waals surface area (Å²) in [7, 11) is -3.67. The molecule has 1 amide bonds. The van der Waals surface area contributed by atoms with Crippen molar-refractivity contribution < 1.29 is 23.1 Å². The Bertz CT molecular complexity index is 761. The third-order valence-corrected chi connectivity index (χ3v) is 7.18. The van der Waals surface area contributed by atoms with E-state index in [-0.39, 0.29) is 28.3 Å². The van der Waals surface area contributed by atoms with Crippen LogP contribution in [-0.2, 0) is 14.8 Å². The van der Waals surface area contributed by atoms with Crippen molar-refractivity contribution in [1.82, 2.24) is 9.62 Å². The zero-order chi connectivity index (χ0) is 18.7. The fourth-order valence-electron chi connectivity index (χ4n) is 3.67. The first-order valence-corrected chi connectivity index (χ1v) is 10.5. The lowest BCUT2D eigenvalue weighted by molar-refractivity contribution is -0.126. The van der Waals surface area contributed by atoms with Crippen molar-refractivity contribution in [2.75, 3.05) is 13.1 Å². The highest BCUT2D eigenvalue weighted by Crippen LogP contribution is 2.25. The highest BCUT2D eigenvalue weighted by Gasteiger charge is 2.33. The SMILES string of the molecule is O=C(O)c1ccc(S(=O)(=O)N2CCC(C(=O)NC3CCCC3)CC2)cc1.